The van der Waals surface area contributed by atoms with E-state index in [1.807, 2.05) is 0 Å². The van der Waals surface area contributed by atoms with Crippen LogP contribution in [-0.2, 0) is 10.1 Å². The lowest BCUT2D eigenvalue weighted by Gasteiger charge is -2.35. The lowest BCUT2D eigenvalue weighted by Crippen LogP contribution is -2.64. The van der Waals surface area contributed by atoms with Gasteiger partial charge in [0.1, 0.15) is 0 Å². The quantitative estimate of drug-likeness (QED) is 0.263. The zero-order valence-corrected chi connectivity index (χ0v) is 14.1. The van der Waals surface area contributed by atoms with Crippen molar-refractivity contribution in [2.24, 2.45) is 0 Å². The zero-order valence-electron chi connectivity index (χ0n) is 13.3. The maximum Gasteiger partial charge on any atom is 0.438 e. The summed E-state index contributed by atoms with van der Waals surface area (Å²) in [5.74, 6) is -19.9. The monoisotopic (exact) mass is 451 g/mol. The minimum Gasteiger partial charge on any atom is -0.344 e. The summed E-state index contributed by atoms with van der Waals surface area (Å²) >= 11 is 0. The summed E-state index contributed by atoms with van der Waals surface area (Å²) in [6, 6.07) is 0. The SMILES string of the molecule is N.O=S(=O)(O)C(F)(F)C(F)(F)C(F)(F)C(F)(F)CCCCCCC(F)(F)F. The Balaban J connectivity index is 0. The Morgan fingerprint density at radius 1 is 0.630 bits per heavy atom. The Labute approximate surface area is 146 Å². The number of alkyl halides is 11. The normalized spacial score (nSPS) is 14.8. The topological polar surface area (TPSA) is 89.4 Å². The Bertz CT molecular complexity index is 575. The third kappa shape index (κ3) is 6.30. The van der Waals surface area contributed by atoms with Crippen molar-refractivity contribution in [1.29, 1.82) is 0 Å². The highest BCUT2D eigenvalue weighted by Crippen LogP contribution is 2.55. The van der Waals surface area contributed by atoms with Gasteiger partial charge in [-0.1, -0.05) is 12.8 Å². The minimum absolute atomic E-state index is 0. The van der Waals surface area contributed by atoms with Crippen LogP contribution in [0.3, 0.4) is 0 Å². The predicted molar refractivity (Wildman–Crippen MR) is 70.1 cm³/mol. The van der Waals surface area contributed by atoms with Crippen LogP contribution in [0.2, 0.25) is 0 Å². The molecule has 16 heteroatoms. The molecule has 0 aliphatic rings. The summed E-state index contributed by atoms with van der Waals surface area (Å²) in [5.41, 5.74) is 0. The standard InChI is InChI=1S/C11H13F11O3S.H3N/c12-7(13,5-3-1-2-4-6-8(14,15)16)9(17,18)10(19,20)11(21,22)26(23,24)25;/h1-6H2,(H,23,24,25);1H3. The first kappa shape index (κ1) is 28.3. The molecule has 4 N–H and O–H groups in total. The van der Waals surface area contributed by atoms with E-state index in [-0.39, 0.29) is 12.6 Å². The highest BCUT2D eigenvalue weighted by molar-refractivity contribution is 7.87. The molecule has 0 bridgehead atoms. The van der Waals surface area contributed by atoms with Crippen molar-refractivity contribution in [2.75, 3.05) is 0 Å². The van der Waals surface area contributed by atoms with Gasteiger partial charge in [-0.2, -0.15) is 56.7 Å². The summed E-state index contributed by atoms with van der Waals surface area (Å²) in [4.78, 5) is 0. The van der Waals surface area contributed by atoms with Crippen molar-refractivity contribution in [1.82, 2.24) is 6.15 Å². The van der Waals surface area contributed by atoms with Crippen molar-refractivity contribution in [3.63, 3.8) is 0 Å². The van der Waals surface area contributed by atoms with Gasteiger partial charge in [0, 0.05) is 12.8 Å². The molecule has 0 saturated heterocycles. The van der Waals surface area contributed by atoms with Gasteiger partial charge in [-0.15, -0.1) is 0 Å². The summed E-state index contributed by atoms with van der Waals surface area (Å²) in [7, 11) is -7.15. The highest BCUT2D eigenvalue weighted by atomic mass is 32.2. The molecule has 27 heavy (non-hydrogen) atoms. The smallest absolute Gasteiger partial charge is 0.344 e. The molecule has 0 aromatic carbocycles. The van der Waals surface area contributed by atoms with Gasteiger partial charge in [0.2, 0.25) is 0 Å². The fourth-order valence-electron chi connectivity index (χ4n) is 1.76. The van der Waals surface area contributed by atoms with Gasteiger partial charge in [-0.05, 0) is 12.8 Å². The van der Waals surface area contributed by atoms with E-state index in [2.05, 4.69) is 0 Å². The van der Waals surface area contributed by atoms with Crippen LogP contribution in [0.15, 0.2) is 0 Å². The van der Waals surface area contributed by atoms with Crippen molar-refractivity contribution < 1.29 is 61.3 Å². The van der Waals surface area contributed by atoms with E-state index in [9.17, 15) is 56.7 Å². The lowest BCUT2D eigenvalue weighted by atomic mass is 9.98. The lowest BCUT2D eigenvalue weighted by molar-refractivity contribution is -0.349. The van der Waals surface area contributed by atoms with E-state index >= 15 is 0 Å². The Morgan fingerprint density at radius 3 is 1.33 bits per heavy atom. The Hall–Kier alpha value is -0.900. The number of halogens is 11. The largest absolute Gasteiger partial charge is 0.438 e. The van der Waals surface area contributed by atoms with Crippen LogP contribution in [0, 0.1) is 0 Å². The van der Waals surface area contributed by atoms with E-state index in [1.165, 1.54) is 0 Å². The molecule has 0 aliphatic carbocycles. The summed E-state index contributed by atoms with van der Waals surface area (Å²) in [5, 5.41) is -6.90. The number of unbranched alkanes of at least 4 members (excludes halogenated alkanes) is 3. The Morgan fingerprint density at radius 2 is 1.00 bits per heavy atom. The maximum absolute atomic E-state index is 13.3. The van der Waals surface area contributed by atoms with Crippen LogP contribution in [0.25, 0.3) is 0 Å². The van der Waals surface area contributed by atoms with E-state index < -0.39 is 71.4 Å². The van der Waals surface area contributed by atoms with Crippen molar-refractivity contribution in [3.8, 4) is 0 Å². The molecule has 0 heterocycles. The molecule has 0 aromatic heterocycles. The first-order chi connectivity index (χ1) is 11.2. The molecule has 0 fully saturated rings. The summed E-state index contributed by atoms with van der Waals surface area (Å²) in [6.45, 7) is 0. The molecule has 0 radical (unpaired) electrons. The first-order valence-electron chi connectivity index (χ1n) is 6.76. The van der Waals surface area contributed by atoms with Crippen LogP contribution in [0.5, 0.6) is 0 Å². The zero-order chi connectivity index (χ0) is 21.2. The van der Waals surface area contributed by atoms with E-state index in [1.54, 1.807) is 0 Å². The van der Waals surface area contributed by atoms with E-state index in [0.29, 0.717) is 0 Å². The number of hydrogen-bond donors (Lipinski definition) is 2. The van der Waals surface area contributed by atoms with Crippen molar-refractivity contribution in [3.05, 3.63) is 0 Å². The third-order valence-electron chi connectivity index (χ3n) is 3.24. The van der Waals surface area contributed by atoms with Crippen LogP contribution in [0.1, 0.15) is 38.5 Å². The van der Waals surface area contributed by atoms with Crippen molar-refractivity contribution >= 4 is 10.1 Å². The molecule has 0 rings (SSSR count). The second-order valence-electron chi connectivity index (χ2n) is 5.37. The summed E-state index contributed by atoms with van der Waals surface area (Å²) in [6.07, 6.45) is -10.4. The number of hydrogen-bond acceptors (Lipinski definition) is 3. The van der Waals surface area contributed by atoms with Gasteiger partial charge >= 0.3 is 39.3 Å². The second kappa shape index (κ2) is 8.63. The van der Waals surface area contributed by atoms with Crippen LogP contribution in [0.4, 0.5) is 48.3 Å². The molecule has 0 amide bonds. The minimum atomic E-state index is -7.16. The molecular formula is C11H16F11NO3S. The van der Waals surface area contributed by atoms with Gasteiger partial charge in [-0.3, -0.25) is 4.55 Å². The van der Waals surface area contributed by atoms with Crippen LogP contribution >= 0.6 is 0 Å². The average Bonchev–Trinajstić information content (AvgIpc) is 2.39. The second-order valence-corrected chi connectivity index (χ2v) is 6.84. The molecule has 166 valence electrons. The molecular weight excluding hydrogens is 435 g/mol. The molecule has 0 unspecified atom stereocenters. The third-order valence-corrected chi connectivity index (χ3v) is 4.15. The van der Waals surface area contributed by atoms with Gasteiger partial charge in [0.05, 0.1) is 0 Å². The van der Waals surface area contributed by atoms with Gasteiger partial charge in [-0.25, -0.2) is 0 Å². The fourth-order valence-corrected chi connectivity index (χ4v) is 2.21. The number of rotatable bonds is 10. The average molecular weight is 451 g/mol. The van der Waals surface area contributed by atoms with Crippen LogP contribution < -0.4 is 6.15 Å². The molecule has 0 aromatic rings. The fraction of sp³-hybridized carbons (Fsp3) is 1.00. The maximum atomic E-state index is 13.3. The van der Waals surface area contributed by atoms with Gasteiger partial charge < -0.3 is 6.15 Å². The van der Waals surface area contributed by atoms with Crippen molar-refractivity contribution in [2.45, 2.75) is 67.7 Å². The van der Waals surface area contributed by atoms with Gasteiger partial charge in [0.25, 0.3) is 0 Å². The molecule has 0 saturated carbocycles. The van der Waals surface area contributed by atoms with Gasteiger partial charge in [0.15, 0.2) is 0 Å². The molecule has 4 nitrogen and oxygen atoms in total. The first-order valence-corrected chi connectivity index (χ1v) is 8.20. The molecule has 0 atom stereocenters. The van der Waals surface area contributed by atoms with E-state index in [0.717, 1.165) is 0 Å². The summed E-state index contributed by atoms with van der Waals surface area (Å²) < 4.78 is 169. The molecule has 0 spiro atoms. The Kier molecular flexibility index (Phi) is 9.05. The van der Waals surface area contributed by atoms with E-state index in [4.69, 9.17) is 4.55 Å². The highest BCUT2D eigenvalue weighted by Gasteiger charge is 2.84. The predicted octanol–water partition coefficient (Wildman–Crippen LogP) is 5.44. The molecule has 0 aliphatic heterocycles. The van der Waals surface area contributed by atoms with Crippen LogP contribution in [-0.4, -0.2) is 42.2 Å².